The Morgan fingerprint density at radius 2 is 2.00 bits per heavy atom. The predicted molar refractivity (Wildman–Crippen MR) is 91.6 cm³/mol. The van der Waals surface area contributed by atoms with Gasteiger partial charge in [-0.2, -0.15) is 8.42 Å². The molecule has 0 saturated heterocycles. The Morgan fingerprint density at radius 3 is 2.65 bits per heavy atom. The number of Topliss-reactive ketones (excluding diaryl/α,β-unsaturated/α-hetero) is 1. The molecule has 0 aliphatic carbocycles. The van der Waals surface area contributed by atoms with Crippen molar-refractivity contribution in [3.63, 3.8) is 0 Å². The number of hydrogen-bond acceptors (Lipinski definition) is 6. The first-order valence-corrected chi connectivity index (χ1v) is 8.87. The Morgan fingerprint density at radius 1 is 1.31 bits per heavy atom. The zero-order valence-corrected chi connectivity index (χ0v) is 14.5. The molecule has 1 aliphatic rings. The maximum atomic E-state index is 14.2. The maximum Gasteiger partial charge on any atom is 0.313 e. The van der Waals surface area contributed by atoms with Gasteiger partial charge in [-0.15, -0.1) is 0 Å². The van der Waals surface area contributed by atoms with Crippen LogP contribution in [-0.2, 0) is 29.5 Å². The summed E-state index contributed by atoms with van der Waals surface area (Å²) in [6.07, 6.45) is -2.76. The Hall–Kier alpha value is -2.58. The van der Waals surface area contributed by atoms with Crippen LogP contribution >= 0.6 is 11.6 Å². The number of ketones is 1. The van der Waals surface area contributed by atoms with E-state index in [1.807, 2.05) is 0 Å². The summed E-state index contributed by atoms with van der Waals surface area (Å²) in [6, 6.07) is 9.85. The molecule has 1 atom stereocenters. The molecule has 0 spiro atoms. The number of halogens is 2. The lowest BCUT2D eigenvalue weighted by atomic mass is 10.1. The average Bonchev–Trinajstić information content (AvgIpc) is 2.85. The topological polar surface area (TPSA) is 95.7 Å². The van der Waals surface area contributed by atoms with Crippen LogP contribution < -0.4 is 5.73 Å². The van der Waals surface area contributed by atoms with E-state index in [1.165, 1.54) is 30.3 Å². The fourth-order valence-corrected chi connectivity index (χ4v) is 3.13. The SMILES string of the molecule is [2H]C([2H])(c1ccccc1)S(=O)(=O)OC1=C(N)O[C@@]([2H])(c2ccc(Cl)cc2F)C1=O. The van der Waals surface area contributed by atoms with Crippen LogP contribution in [0.15, 0.2) is 60.2 Å². The van der Waals surface area contributed by atoms with Gasteiger partial charge in [-0.05, 0) is 17.7 Å². The summed E-state index contributed by atoms with van der Waals surface area (Å²) in [5.74, 6) is -4.48. The monoisotopic (exact) mass is 400 g/mol. The van der Waals surface area contributed by atoms with Gasteiger partial charge >= 0.3 is 10.1 Å². The molecule has 9 heteroatoms. The van der Waals surface area contributed by atoms with Gasteiger partial charge in [0, 0.05) is 10.6 Å². The number of carbonyl (C=O) groups excluding carboxylic acids is 1. The van der Waals surface area contributed by atoms with Gasteiger partial charge in [0.25, 0.3) is 0 Å². The van der Waals surface area contributed by atoms with E-state index in [0.717, 1.165) is 12.1 Å². The smallest absolute Gasteiger partial charge is 0.313 e. The normalized spacial score (nSPS) is 22.4. The molecule has 6 nitrogen and oxygen atoms in total. The number of benzene rings is 2. The quantitative estimate of drug-likeness (QED) is 0.775. The molecule has 0 saturated carbocycles. The second-order valence-corrected chi connectivity index (χ2v) is 6.80. The molecule has 2 aromatic rings. The first kappa shape index (κ1) is 14.6. The van der Waals surface area contributed by atoms with E-state index in [9.17, 15) is 17.6 Å². The number of rotatable bonds is 5. The molecule has 1 heterocycles. The van der Waals surface area contributed by atoms with E-state index in [2.05, 4.69) is 4.18 Å². The number of ether oxygens (including phenoxy) is 1. The minimum Gasteiger partial charge on any atom is -0.460 e. The van der Waals surface area contributed by atoms with Crippen LogP contribution in [0.3, 0.4) is 0 Å². The van der Waals surface area contributed by atoms with Crippen molar-refractivity contribution in [3.8, 4) is 0 Å². The molecule has 0 bridgehead atoms. The standard InChI is InChI=1S/C17H13ClFNO5S/c18-11-6-7-12(13(19)8-11)15-14(21)16(17(20)24-15)25-26(22,23)9-10-4-2-1-3-5-10/h1-8,15H,9,20H2/t15-/m0/s1/i9D2,15D. The second-order valence-electron chi connectivity index (χ2n) is 5.08. The summed E-state index contributed by atoms with van der Waals surface area (Å²) in [7, 11) is -5.11. The number of carbonyl (C=O) groups is 1. The minimum absolute atomic E-state index is 0.00339. The zero-order valence-electron chi connectivity index (χ0n) is 15.9. The molecular formula is C17H13ClFNO5S. The predicted octanol–water partition coefficient (Wildman–Crippen LogP) is 2.79. The largest absolute Gasteiger partial charge is 0.460 e. The Bertz CT molecular complexity index is 1130. The lowest BCUT2D eigenvalue weighted by molar-refractivity contribution is -0.123. The maximum absolute atomic E-state index is 14.2. The summed E-state index contributed by atoms with van der Waals surface area (Å²) in [6.45, 7) is 0. The first-order valence-electron chi connectivity index (χ1n) is 8.59. The van der Waals surface area contributed by atoms with Crippen molar-refractivity contribution >= 4 is 27.5 Å². The van der Waals surface area contributed by atoms with E-state index >= 15 is 0 Å². The highest BCUT2D eigenvalue weighted by molar-refractivity contribution is 7.86. The first-order chi connectivity index (χ1) is 13.4. The van der Waals surface area contributed by atoms with E-state index < -0.39 is 50.7 Å². The summed E-state index contributed by atoms with van der Waals surface area (Å²) in [5.41, 5.74) is 1.62. The molecule has 1 aliphatic heterocycles. The third-order valence-electron chi connectivity index (χ3n) is 3.23. The molecule has 3 rings (SSSR count). The van der Waals surface area contributed by atoms with Crippen molar-refractivity contribution in [2.45, 2.75) is 11.8 Å². The molecule has 0 fully saturated rings. The van der Waals surface area contributed by atoms with Gasteiger partial charge in [-0.1, -0.05) is 48.0 Å². The fourth-order valence-electron chi connectivity index (χ4n) is 2.13. The van der Waals surface area contributed by atoms with Gasteiger partial charge < -0.3 is 14.7 Å². The van der Waals surface area contributed by atoms with E-state index in [0.29, 0.717) is 0 Å². The van der Waals surface area contributed by atoms with Gasteiger partial charge in [0.15, 0.2) is 6.08 Å². The lowest BCUT2D eigenvalue weighted by Gasteiger charge is -2.11. The van der Waals surface area contributed by atoms with Crippen LogP contribution in [0.1, 0.15) is 21.3 Å². The van der Waals surface area contributed by atoms with Crippen LogP contribution in [0.4, 0.5) is 4.39 Å². The minimum atomic E-state index is -5.11. The highest BCUT2D eigenvalue weighted by Crippen LogP contribution is 2.34. The molecule has 0 amide bonds. The second kappa shape index (κ2) is 6.97. The summed E-state index contributed by atoms with van der Waals surface area (Å²) in [4.78, 5) is 12.7. The highest BCUT2D eigenvalue weighted by atomic mass is 35.5. The van der Waals surface area contributed by atoms with Crippen LogP contribution in [0.25, 0.3) is 0 Å². The van der Waals surface area contributed by atoms with Crippen LogP contribution in [0.2, 0.25) is 5.02 Å². The average molecular weight is 401 g/mol. The number of nitrogens with two attached hydrogens (primary N) is 1. The molecule has 26 heavy (non-hydrogen) atoms. The van der Waals surface area contributed by atoms with Crippen LogP contribution in [0, 0.1) is 5.82 Å². The van der Waals surface area contributed by atoms with Crippen LogP contribution in [0.5, 0.6) is 0 Å². The Labute approximate surface area is 158 Å². The molecule has 2 N–H and O–H groups in total. The van der Waals surface area contributed by atoms with Crippen molar-refractivity contribution in [1.82, 2.24) is 0 Å². The van der Waals surface area contributed by atoms with Crippen molar-refractivity contribution in [1.29, 1.82) is 0 Å². The molecule has 136 valence electrons. The van der Waals surface area contributed by atoms with Gasteiger partial charge in [0.05, 0.1) is 4.11 Å². The summed E-state index contributed by atoms with van der Waals surface area (Å²) in [5, 5.41) is -0.00339. The van der Waals surface area contributed by atoms with Gasteiger partial charge in [0.2, 0.25) is 17.4 Å². The highest BCUT2D eigenvalue weighted by Gasteiger charge is 2.40. The van der Waals surface area contributed by atoms with E-state index in [1.54, 1.807) is 6.07 Å². The number of hydrogen-bond donors (Lipinski definition) is 1. The Balaban J connectivity index is 1.96. The fraction of sp³-hybridized carbons (Fsp3) is 0.118. The molecular weight excluding hydrogens is 385 g/mol. The van der Waals surface area contributed by atoms with Crippen molar-refractivity contribution in [2.75, 3.05) is 0 Å². The molecule has 0 aromatic heterocycles. The zero-order chi connectivity index (χ0) is 21.6. The van der Waals surface area contributed by atoms with Gasteiger partial charge in [-0.25, -0.2) is 4.39 Å². The molecule has 0 unspecified atom stereocenters. The van der Waals surface area contributed by atoms with Gasteiger partial charge in [0.1, 0.15) is 11.5 Å². The molecule has 0 radical (unpaired) electrons. The van der Waals surface area contributed by atoms with E-state index in [4.69, 9.17) is 26.2 Å². The Kier molecular flexibility index (Phi) is 3.91. The van der Waals surface area contributed by atoms with Gasteiger partial charge in [-0.3, -0.25) is 4.79 Å². The van der Waals surface area contributed by atoms with Crippen molar-refractivity contribution in [3.05, 3.63) is 82.1 Å². The van der Waals surface area contributed by atoms with Crippen molar-refractivity contribution in [2.24, 2.45) is 5.73 Å². The third kappa shape index (κ3) is 3.81. The molecule has 2 aromatic carbocycles. The lowest BCUT2D eigenvalue weighted by Crippen LogP contribution is -2.16. The van der Waals surface area contributed by atoms with E-state index in [-0.39, 0.29) is 10.6 Å². The van der Waals surface area contributed by atoms with Crippen molar-refractivity contribution < 1.29 is 30.6 Å². The summed E-state index contributed by atoms with van der Waals surface area (Å²) < 4.78 is 72.8. The summed E-state index contributed by atoms with van der Waals surface area (Å²) >= 11 is 5.65. The third-order valence-corrected chi connectivity index (χ3v) is 4.34. The van der Waals surface area contributed by atoms with Crippen LogP contribution in [-0.4, -0.2) is 14.2 Å².